The highest BCUT2D eigenvalue weighted by Crippen LogP contribution is 2.30. The Labute approximate surface area is 275 Å². The molecule has 0 aliphatic heterocycles. The van der Waals surface area contributed by atoms with Gasteiger partial charge in [-0.1, -0.05) is 103 Å². The van der Waals surface area contributed by atoms with E-state index in [4.69, 9.17) is 23.2 Å². The first kappa shape index (κ1) is 34.0. The molecule has 0 aromatic heterocycles. The van der Waals surface area contributed by atoms with Gasteiger partial charge in [0.2, 0.25) is 11.8 Å². The van der Waals surface area contributed by atoms with Crippen molar-refractivity contribution >= 4 is 50.7 Å². The summed E-state index contributed by atoms with van der Waals surface area (Å²) in [7, 11) is -2.70. The highest BCUT2D eigenvalue weighted by Gasteiger charge is 2.35. The van der Waals surface area contributed by atoms with E-state index >= 15 is 0 Å². The maximum absolute atomic E-state index is 14.5. The summed E-state index contributed by atoms with van der Waals surface area (Å²) in [5.41, 5.74) is 3.52. The van der Waals surface area contributed by atoms with Gasteiger partial charge in [-0.25, -0.2) is 8.42 Å². The average Bonchev–Trinajstić information content (AvgIpc) is 3.03. The number of likely N-dealkylation sites (N-methyl/N-ethyl adjacent to an activating group) is 1. The van der Waals surface area contributed by atoms with Crippen LogP contribution in [0.2, 0.25) is 10.0 Å². The third-order valence-corrected chi connectivity index (χ3v) is 10.1. The Kier molecular flexibility index (Phi) is 11.3. The molecule has 0 saturated carbocycles. The molecule has 0 aliphatic carbocycles. The number of sulfonamides is 1. The number of amides is 2. The monoisotopic (exact) mass is 665 g/mol. The van der Waals surface area contributed by atoms with E-state index in [2.05, 4.69) is 5.32 Å². The summed E-state index contributed by atoms with van der Waals surface area (Å²) in [5.74, 6) is -0.784. The number of aryl methyl sites for hydroxylation is 1. The van der Waals surface area contributed by atoms with Crippen LogP contribution in [-0.4, -0.2) is 44.8 Å². The van der Waals surface area contributed by atoms with Crippen molar-refractivity contribution in [1.82, 2.24) is 10.2 Å². The van der Waals surface area contributed by atoms with Crippen molar-refractivity contribution in [1.29, 1.82) is 0 Å². The zero-order chi connectivity index (χ0) is 32.7. The molecule has 236 valence electrons. The molecular weight excluding hydrogens is 629 g/mol. The number of anilines is 1. The van der Waals surface area contributed by atoms with Crippen molar-refractivity contribution in [3.05, 3.63) is 129 Å². The zero-order valence-electron chi connectivity index (χ0n) is 25.7. The standard InChI is InChI=1S/C35H37Cl2N3O4S/c1-24(2)27-15-17-28(18-16-27)40(45(43,44)29-19-13-25(3)14-20-29)23-34(41)39(22-30-31(36)11-8-12-32(30)37)33(35(42)38-4)21-26-9-6-5-7-10-26/h5-20,24,33H,21-23H2,1-4H3,(H,38,42). The predicted octanol–water partition coefficient (Wildman–Crippen LogP) is 7.01. The van der Waals surface area contributed by atoms with E-state index in [0.717, 1.165) is 21.0 Å². The second-order valence-electron chi connectivity index (χ2n) is 11.1. The number of halogens is 2. The molecule has 4 aromatic rings. The molecule has 0 radical (unpaired) electrons. The van der Waals surface area contributed by atoms with Crippen LogP contribution in [0.3, 0.4) is 0 Å². The lowest BCUT2D eigenvalue weighted by Crippen LogP contribution is -2.53. The minimum absolute atomic E-state index is 0.0432. The van der Waals surface area contributed by atoms with Gasteiger partial charge in [-0.05, 0) is 60.4 Å². The number of hydrogen-bond donors (Lipinski definition) is 1. The van der Waals surface area contributed by atoms with Crippen LogP contribution < -0.4 is 9.62 Å². The summed E-state index contributed by atoms with van der Waals surface area (Å²) in [4.78, 5) is 29.3. The zero-order valence-corrected chi connectivity index (χ0v) is 28.0. The molecule has 0 heterocycles. The lowest BCUT2D eigenvalue weighted by atomic mass is 10.0. The van der Waals surface area contributed by atoms with Gasteiger partial charge in [0.1, 0.15) is 12.6 Å². The number of nitrogens with one attached hydrogen (secondary N) is 1. The van der Waals surface area contributed by atoms with Crippen LogP contribution in [0.4, 0.5) is 5.69 Å². The lowest BCUT2D eigenvalue weighted by molar-refractivity contribution is -0.139. The minimum atomic E-state index is -4.20. The first-order valence-corrected chi connectivity index (χ1v) is 16.8. The Morgan fingerprint density at radius 1 is 0.822 bits per heavy atom. The van der Waals surface area contributed by atoms with Crippen LogP contribution >= 0.6 is 23.2 Å². The Bertz CT molecular complexity index is 1710. The minimum Gasteiger partial charge on any atom is -0.357 e. The van der Waals surface area contributed by atoms with Crippen molar-refractivity contribution in [2.45, 2.75) is 50.6 Å². The number of benzene rings is 4. The van der Waals surface area contributed by atoms with Crippen molar-refractivity contribution < 1.29 is 18.0 Å². The normalized spacial score (nSPS) is 12.1. The highest BCUT2D eigenvalue weighted by molar-refractivity contribution is 7.92. The third-order valence-electron chi connectivity index (χ3n) is 7.64. The van der Waals surface area contributed by atoms with E-state index in [9.17, 15) is 18.0 Å². The van der Waals surface area contributed by atoms with Crippen LogP contribution in [0.25, 0.3) is 0 Å². The number of carbonyl (C=O) groups is 2. The topological polar surface area (TPSA) is 86.8 Å². The number of hydrogen-bond acceptors (Lipinski definition) is 4. The molecule has 4 aromatic carbocycles. The second-order valence-corrected chi connectivity index (χ2v) is 13.8. The van der Waals surface area contributed by atoms with Crippen LogP contribution in [0.15, 0.2) is 102 Å². The molecule has 0 spiro atoms. The summed E-state index contributed by atoms with van der Waals surface area (Å²) >= 11 is 13.1. The summed E-state index contributed by atoms with van der Waals surface area (Å²) in [5, 5.41) is 3.31. The molecule has 0 fully saturated rings. The highest BCUT2D eigenvalue weighted by atomic mass is 35.5. The Hall–Kier alpha value is -3.85. The molecule has 1 N–H and O–H groups in total. The molecule has 7 nitrogen and oxygen atoms in total. The van der Waals surface area contributed by atoms with Crippen molar-refractivity contribution in [3.63, 3.8) is 0 Å². The maximum atomic E-state index is 14.5. The van der Waals surface area contributed by atoms with Crippen molar-refractivity contribution in [3.8, 4) is 0 Å². The van der Waals surface area contributed by atoms with Gasteiger partial charge in [-0.3, -0.25) is 13.9 Å². The number of rotatable bonds is 12. The van der Waals surface area contributed by atoms with E-state index in [1.807, 2.05) is 63.2 Å². The maximum Gasteiger partial charge on any atom is 0.264 e. The quantitative estimate of drug-likeness (QED) is 0.176. The summed E-state index contributed by atoms with van der Waals surface area (Å²) in [6.45, 7) is 5.27. The fraction of sp³-hybridized carbons (Fsp3) is 0.257. The smallest absolute Gasteiger partial charge is 0.264 e. The Morgan fingerprint density at radius 3 is 1.98 bits per heavy atom. The van der Waals surface area contributed by atoms with Crippen molar-refractivity contribution in [2.75, 3.05) is 17.9 Å². The SMILES string of the molecule is CNC(=O)C(Cc1ccccc1)N(Cc1c(Cl)cccc1Cl)C(=O)CN(c1ccc(C(C)C)cc1)S(=O)(=O)c1ccc(C)cc1. The molecule has 2 amide bonds. The van der Waals surface area contributed by atoms with E-state index in [1.54, 1.807) is 42.5 Å². The first-order chi connectivity index (χ1) is 21.4. The molecule has 10 heteroatoms. The molecule has 45 heavy (non-hydrogen) atoms. The molecule has 0 bridgehead atoms. The number of nitrogens with zero attached hydrogens (tertiary/aromatic N) is 2. The second kappa shape index (κ2) is 15.0. The van der Waals surface area contributed by atoms with Gasteiger partial charge < -0.3 is 10.2 Å². The van der Waals surface area contributed by atoms with Gasteiger partial charge in [0.25, 0.3) is 10.0 Å². The lowest BCUT2D eigenvalue weighted by Gasteiger charge is -2.34. The summed E-state index contributed by atoms with van der Waals surface area (Å²) in [6, 6.07) is 26.9. The Balaban J connectivity index is 1.82. The fourth-order valence-electron chi connectivity index (χ4n) is 4.97. The molecule has 1 atom stereocenters. The molecular formula is C35H37Cl2N3O4S. The third kappa shape index (κ3) is 8.25. The van der Waals surface area contributed by atoms with Gasteiger partial charge in [0.15, 0.2) is 0 Å². The summed E-state index contributed by atoms with van der Waals surface area (Å²) < 4.78 is 29.4. The van der Waals surface area contributed by atoms with Gasteiger partial charge in [0.05, 0.1) is 10.6 Å². The predicted molar refractivity (Wildman–Crippen MR) is 181 cm³/mol. The van der Waals surface area contributed by atoms with E-state index in [1.165, 1.54) is 24.1 Å². The summed E-state index contributed by atoms with van der Waals surface area (Å²) in [6.07, 6.45) is 0.183. The van der Waals surface area contributed by atoms with Gasteiger partial charge in [0, 0.05) is 35.6 Å². The van der Waals surface area contributed by atoms with Gasteiger partial charge in [-0.2, -0.15) is 0 Å². The molecule has 1 unspecified atom stereocenters. The average molecular weight is 667 g/mol. The van der Waals surface area contributed by atoms with Crippen LogP contribution in [0.5, 0.6) is 0 Å². The van der Waals surface area contributed by atoms with Gasteiger partial charge >= 0.3 is 0 Å². The van der Waals surface area contributed by atoms with Crippen LogP contribution in [-0.2, 0) is 32.6 Å². The van der Waals surface area contributed by atoms with E-state index in [-0.39, 0.29) is 23.8 Å². The first-order valence-electron chi connectivity index (χ1n) is 14.6. The van der Waals surface area contributed by atoms with E-state index in [0.29, 0.717) is 21.3 Å². The van der Waals surface area contributed by atoms with Crippen LogP contribution in [0.1, 0.15) is 42.0 Å². The molecule has 0 saturated heterocycles. The van der Waals surface area contributed by atoms with Gasteiger partial charge in [-0.15, -0.1) is 0 Å². The van der Waals surface area contributed by atoms with Crippen LogP contribution in [0, 0.1) is 6.92 Å². The molecule has 0 aliphatic rings. The molecule has 4 rings (SSSR count). The van der Waals surface area contributed by atoms with E-state index < -0.39 is 34.4 Å². The Morgan fingerprint density at radius 2 is 1.42 bits per heavy atom. The number of carbonyl (C=O) groups excluding carboxylic acids is 2. The largest absolute Gasteiger partial charge is 0.357 e. The van der Waals surface area contributed by atoms with Crippen molar-refractivity contribution in [2.24, 2.45) is 0 Å². The fourth-order valence-corrected chi connectivity index (χ4v) is 6.90.